The quantitative estimate of drug-likeness (QED) is 0.832. The van der Waals surface area contributed by atoms with Gasteiger partial charge in [0.2, 0.25) is 0 Å². The summed E-state index contributed by atoms with van der Waals surface area (Å²) < 4.78 is 15.4. The van der Waals surface area contributed by atoms with Crippen LogP contribution in [0.15, 0.2) is 23.0 Å². The van der Waals surface area contributed by atoms with E-state index in [1.807, 2.05) is 5.38 Å². The molecule has 2 atom stereocenters. The van der Waals surface area contributed by atoms with E-state index in [9.17, 15) is 14.0 Å². The van der Waals surface area contributed by atoms with Crippen LogP contribution in [0.2, 0.25) is 0 Å². The van der Waals surface area contributed by atoms with Gasteiger partial charge < -0.3 is 9.80 Å². The van der Waals surface area contributed by atoms with Gasteiger partial charge in [-0.05, 0) is 11.4 Å². The molecular weight excluding hydrogens is 333 g/mol. The zero-order chi connectivity index (χ0) is 17.3. The standard InChI is InChI=1S/C15H18FN5O2S/c1-19(2)15(23)13-8-20(18-17-13)7-12-5-11(16)6-21(12)14(22)10-3-4-24-9-10/h3-4,8-9,11-12H,5-7H2,1-2H3/t11-,12-/m0/s1. The summed E-state index contributed by atoms with van der Waals surface area (Å²) in [5, 5.41) is 11.3. The van der Waals surface area contributed by atoms with Gasteiger partial charge in [0.15, 0.2) is 5.69 Å². The number of hydrogen-bond acceptors (Lipinski definition) is 5. The van der Waals surface area contributed by atoms with Gasteiger partial charge in [-0.15, -0.1) is 5.10 Å². The number of carbonyl (C=O) groups is 2. The van der Waals surface area contributed by atoms with E-state index in [1.54, 1.807) is 30.4 Å². The summed E-state index contributed by atoms with van der Waals surface area (Å²) in [6.07, 6.45) is 0.734. The van der Waals surface area contributed by atoms with Crippen LogP contribution in [0.4, 0.5) is 4.39 Å². The number of halogens is 1. The molecule has 0 unspecified atom stereocenters. The number of aromatic nitrogens is 3. The second-order valence-corrected chi connectivity index (χ2v) is 6.76. The van der Waals surface area contributed by atoms with Crippen molar-refractivity contribution in [1.82, 2.24) is 24.8 Å². The number of alkyl halides is 1. The van der Waals surface area contributed by atoms with Crippen molar-refractivity contribution in [1.29, 1.82) is 0 Å². The lowest BCUT2D eigenvalue weighted by molar-refractivity contribution is 0.0714. The molecule has 1 fully saturated rings. The summed E-state index contributed by atoms with van der Waals surface area (Å²) in [5.74, 6) is -0.423. The van der Waals surface area contributed by atoms with Crippen molar-refractivity contribution in [2.24, 2.45) is 0 Å². The van der Waals surface area contributed by atoms with Crippen molar-refractivity contribution in [3.8, 4) is 0 Å². The fourth-order valence-electron chi connectivity index (χ4n) is 2.76. The van der Waals surface area contributed by atoms with E-state index >= 15 is 0 Å². The third kappa shape index (κ3) is 3.30. The van der Waals surface area contributed by atoms with Gasteiger partial charge in [-0.1, -0.05) is 5.21 Å². The van der Waals surface area contributed by atoms with Gasteiger partial charge in [-0.25, -0.2) is 9.07 Å². The first kappa shape index (κ1) is 16.6. The lowest BCUT2D eigenvalue weighted by atomic mass is 10.2. The summed E-state index contributed by atoms with van der Waals surface area (Å²) in [6.45, 7) is 0.390. The lowest BCUT2D eigenvalue weighted by Gasteiger charge is -2.23. The number of amides is 2. The Balaban J connectivity index is 1.73. The van der Waals surface area contributed by atoms with Crippen molar-refractivity contribution < 1.29 is 14.0 Å². The van der Waals surface area contributed by atoms with Crippen LogP contribution in [0.1, 0.15) is 27.3 Å². The van der Waals surface area contributed by atoms with E-state index in [0.29, 0.717) is 12.1 Å². The van der Waals surface area contributed by atoms with E-state index in [4.69, 9.17) is 0 Å². The topological polar surface area (TPSA) is 71.3 Å². The predicted octanol–water partition coefficient (Wildman–Crippen LogP) is 1.29. The van der Waals surface area contributed by atoms with Crippen LogP contribution in [0.25, 0.3) is 0 Å². The molecule has 0 aromatic carbocycles. The highest BCUT2D eigenvalue weighted by molar-refractivity contribution is 7.08. The van der Waals surface area contributed by atoms with Gasteiger partial charge in [-0.3, -0.25) is 9.59 Å². The molecule has 0 aliphatic carbocycles. The zero-order valence-electron chi connectivity index (χ0n) is 13.4. The minimum Gasteiger partial charge on any atom is -0.343 e. The van der Waals surface area contributed by atoms with Gasteiger partial charge in [0.05, 0.1) is 30.9 Å². The summed E-state index contributed by atoms with van der Waals surface area (Å²) in [4.78, 5) is 27.3. The molecule has 2 amide bonds. The van der Waals surface area contributed by atoms with E-state index in [0.717, 1.165) is 0 Å². The Kier molecular flexibility index (Phi) is 4.61. The van der Waals surface area contributed by atoms with Gasteiger partial charge in [0.25, 0.3) is 11.8 Å². The van der Waals surface area contributed by atoms with Crippen LogP contribution in [-0.2, 0) is 6.54 Å². The third-order valence-electron chi connectivity index (χ3n) is 3.95. The van der Waals surface area contributed by atoms with Crippen molar-refractivity contribution in [2.75, 3.05) is 20.6 Å². The molecule has 0 spiro atoms. The predicted molar refractivity (Wildman–Crippen MR) is 86.7 cm³/mol. The van der Waals surface area contributed by atoms with Gasteiger partial charge in [0.1, 0.15) is 6.17 Å². The third-order valence-corrected chi connectivity index (χ3v) is 4.64. The van der Waals surface area contributed by atoms with Crippen molar-refractivity contribution in [3.63, 3.8) is 0 Å². The van der Waals surface area contributed by atoms with E-state index in [2.05, 4.69) is 10.3 Å². The molecule has 1 saturated heterocycles. The molecule has 24 heavy (non-hydrogen) atoms. The van der Waals surface area contributed by atoms with Crippen LogP contribution in [0.3, 0.4) is 0 Å². The first-order chi connectivity index (χ1) is 11.5. The Labute approximate surface area is 142 Å². The summed E-state index contributed by atoms with van der Waals surface area (Å²) in [6, 6.07) is 1.43. The monoisotopic (exact) mass is 351 g/mol. The van der Waals surface area contributed by atoms with Crippen molar-refractivity contribution >= 4 is 23.2 Å². The molecule has 0 saturated carbocycles. The molecule has 9 heteroatoms. The highest BCUT2D eigenvalue weighted by atomic mass is 32.1. The average molecular weight is 351 g/mol. The highest BCUT2D eigenvalue weighted by Gasteiger charge is 2.36. The van der Waals surface area contributed by atoms with Crippen LogP contribution < -0.4 is 0 Å². The fourth-order valence-corrected chi connectivity index (χ4v) is 3.39. The van der Waals surface area contributed by atoms with Gasteiger partial charge >= 0.3 is 0 Å². The molecule has 1 aliphatic rings. The van der Waals surface area contributed by atoms with E-state index in [1.165, 1.54) is 27.1 Å². The minimum atomic E-state index is -1.05. The number of hydrogen-bond donors (Lipinski definition) is 0. The number of nitrogens with zero attached hydrogens (tertiary/aromatic N) is 5. The van der Waals surface area contributed by atoms with Crippen LogP contribution in [-0.4, -0.2) is 69.5 Å². The van der Waals surface area contributed by atoms with Crippen molar-refractivity contribution in [3.05, 3.63) is 34.3 Å². The molecule has 3 rings (SSSR count). The Hall–Kier alpha value is -2.29. The Morgan fingerprint density at radius 2 is 2.25 bits per heavy atom. The fraction of sp³-hybridized carbons (Fsp3) is 0.467. The SMILES string of the molecule is CN(C)C(=O)c1cn(C[C@@H]2C[C@H](F)CN2C(=O)c2ccsc2)nn1. The molecule has 0 bridgehead atoms. The summed E-state index contributed by atoms with van der Waals surface area (Å²) in [7, 11) is 3.26. The largest absolute Gasteiger partial charge is 0.343 e. The van der Waals surface area contributed by atoms with Crippen molar-refractivity contribution in [2.45, 2.75) is 25.2 Å². The van der Waals surface area contributed by atoms with Crippen LogP contribution in [0.5, 0.6) is 0 Å². The Morgan fingerprint density at radius 3 is 2.92 bits per heavy atom. The minimum absolute atomic E-state index is 0.0809. The molecule has 1 aliphatic heterocycles. The molecule has 3 heterocycles. The maximum Gasteiger partial charge on any atom is 0.275 e. The Morgan fingerprint density at radius 1 is 1.46 bits per heavy atom. The van der Waals surface area contributed by atoms with Gasteiger partial charge in [-0.2, -0.15) is 11.3 Å². The number of thiophene rings is 1. The first-order valence-electron chi connectivity index (χ1n) is 7.54. The number of likely N-dealkylation sites (tertiary alicyclic amines) is 1. The number of rotatable bonds is 4. The summed E-state index contributed by atoms with van der Waals surface area (Å²) >= 11 is 1.43. The molecule has 128 valence electrons. The summed E-state index contributed by atoms with van der Waals surface area (Å²) in [5.41, 5.74) is 0.798. The van der Waals surface area contributed by atoms with E-state index in [-0.39, 0.29) is 36.5 Å². The molecule has 2 aromatic rings. The smallest absolute Gasteiger partial charge is 0.275 e. The normalized spacial score (nSPS) is 20.4. The lowest BCUT2D eigenvalue weighted by Crippen LogP contribution is -2.38. The maximum absolute atomic E-state index is 13.9. The first-order valence-corrected chi connectivity index (χ1v) is 8.49. The van der Waals surface area contributed by atoms with Crippen LogP contribution >= 0.6 is 11.3 Å². The van der Waals surface area contributed by atoms with E-state index < -0.39 is 6.17 Å². The number of carbonyl (C=O) groups excluding carboxylic acids is 2. The Bertz CT molecular complexity index is 730. The molecule has 2 aromatic heterocycles. The maximum atomic E-state index is 13.9. The second-order valence-electron chi connectivity index (χ2n) is 5.98. The molecule has 0 N–H and O–H groups in total. The second kappa shape index (κ2) is 6.68. The van der Waals surface area contributed by atoms with Gasteiger partial charge in [0, 0.05) is 25.9 Å². The zero-order valence-corrected chi connectivity index (χ0v) is 14.2. The van der Waals surface area contributed by atoms with Crippen LogP contribution in [0, 0.1) is 0 Å². The average Bonchev–Trinajstić information content (AvgIpc) is 3.27. The molecule has 7 nitrogen and oxygen atoms in total. The highest BCUT2D eigenvalue weighted by Crippen LogP contribution is 2.24. The molecular formula is C15H18FN5O2S. The molecule has 0 radical (unpaired) electrons.